The lowest BCUT2D eigenvalue weighted by Crippen LogP contribution is -2.41. The number of benzene rings is 2. The molecule has 1 aromatic heterocycles. The summed E-state index contributed by atoms with van der Waals surface area (Å²) >= 11 is 1.34. The van der Waals surface area contributed by atoms with Crippen molar-refractivity contribution >= 4 is 39.3 Å². The molecule has 7 nitrogen and oxygen atoms in total. The summed E-state index contributed by atoms with van der Waals surface area (Å²) in [5.74, 6) is -2.86. The number of anilines is 1. The maximum Gasteiger partial charge on any atom is 0.490 e. The smallest absolute Gasteiger partial charge is 0.475 e. The number of hydrogen-bond acceptors (Lipinski definition) is 6. The van der Waals surface area contributed by atoms with Crippen LogP contribution < -0.4 is 5.32 Å². The number of hydrogen-bond donors (Lipinski definition) is 2. The Morgan fingerprint density at radius 3 is 2.41 bits per heavy atom. The molecule has 0 spiro atoms. The van der Waals surface area contributed by atoms with E-state index in [1.165, 1.54) is 41.9 Å². The number of nitrogens with one attached hydrogen (secondary N) is 1. The van der Waals surface area contributed by atoms with E-state index in [1.807, 2.05) is 18.2 Å². The summed E-state index contributed by atoms with van der Waals surface area (Å²) in [5, 5.41) is 14.2. The summed E-state index contributed by atoms with van der Waals surface area (Å²) in [4.78, 5) is 24.2. The van der Waals surface area contributed by atoms with E-state index in [9.17, 15) is 18.0 Å². The van der Waals surface area contributed by atoms with E-state index in [0.717, 1.165) is 47.9 Å². The van der Waals surface area contributed by atoms with E-state index in [1.54, 1.807) is 6.07 Å². The van der Waals surface area contributed by atoms with Crippen LogP contribution in [0.15, 0.2) is 36.4 Å². The van der Waals surface area contributed by atoms with Gasteiger partial charge < -0.3 is 10.4 Å². The first kappa shape index (κ1) is 24.1. The highest BCUT2D eigenvalue weighted by atomic mass is 32.1. The second-order valence-corrected chi connectivity index (χ2v) is 9.10. The van der Waals surface area contributed by atoms with Crippen LogP contribution in [0.25, 0.3) is 10.2 Å². The number of aliphatic carboxylic acids is 1. The standard InChI is InChI=1S/C21H22N4OS.C2HF3O2/c26-21(16-5-7-20-19(13-16)23-24-27-20)22-17-6-4-14-8-10-25(18-2-1-3-18)11-9-15(14)12-17;3-2(4,5)1(6)7/h4-7,12-13,18H,1-3,8-11H2,(H,22,26);(H,6,7). The summed E-state index contributed by atoms with van der Waals surface area (Å²) < 4.78 is 36.7. The minimum Gasteiger partial charge on any atom is -0.475 e. The predicted octanol–water partition coefficient (Wildman–Crippen LogP) is 4.53. The number of carbonyl (C=O) groups is 2. The molecule has 2 aromatic carbocycles. The van der Waals surface area contributed by atoms with Gasteiger partial charge in [0.05, 0.1) is 4.70 Å². The van der Waals surface area contributed by atoms with Crippen LogP contribution in [0.3, 0.4) is 0 Å². The summed E-state index contributed by atoms with van der Waals surface area (Å²) in [6, 6.07) is 12.7. The number of halogens is 3. The van der Waals surface area contributed by atoms with Crippen LogP contribution in [0, 0.1) is 0 Å². The van der Waals surface area contributed by atoms with Gasteiger partial charge >= 0.3 is 12.1 Å². The van der Waals surface area contributed by atoms with Crippen molar-refractivity contribution in [3.05, 3.63) is 53.1 Å². The molecule has 2 N–H and O–H groups in total. The van der Waals surface area contributed by atoms with Crippen LogP contribution in [0.4, 0.5) is 18.9 Å². The van der Waals surface area contributed by atoms with Gasteiger partial charge in [0.1, 0.15) is 5.52 Å². The average Bonchev–Trinajstić information content (AvgIpc) is 3.13. The first-order valence-corrected chi connectivity index (χ1v) is 11.7. The second kappa shape index (κ2) is 10.1. The van der Waals surface area contributed by atoms with E-state index in [-0.39, 0.29) is 5.91 Å². The molecule has 0 atom stereocenters. The molecule has 1 fully saturated rings. The summed E-state index contributed by atoms with van der Waals surface area (Å²) in [5.41, 5.74) is 5.04. The highest BCUT2D eigenvalue weighted by Crippen LogP contribution is 2.28. The fourth-order valence-corrected chi connectivity index (χ4v) is 4.60. The number of amides is 1. The molecule has 34 heavy (non-hydrogen) atoms. The van der Waals surface area contributed by atoms with E-state index < -0.39 is 12.1 Å². The third-order valence-corrected chi connectivity index (χ3v) is 6.85. The van der Waals surface area contributed by atoms with Crippen LogP contribution in [-0.2, 0) is 17.6 Å². The van der Waals surface area contributed by atoms with Crippen molar-refractivity contribution in [1.29, 1.82) is 0 Å². The number of carbonyl (C=O) groups excluding carboxylic acids is 1. The highest BCUT2D eigenvalue weighted by molar-refractivity contribution is 7.12. The maximum atomic E-state index is 12.6. The molecule has 5 rings (SSSR count). The molecule has 1 amide bonds. The zero-order valence-electron chi connectivity index (χ0n) is 18.1. The molecule has 0 bridgehead atoms. The Morgan fingerprint density at radius 2 is 1.76 bits per heavy atom. The highest BCUT2D eigenvalue weighted by Gasteiger charge is 2.38. The predicted molar refractivity (Wildman–Crippen MR) is 122 cm³/mol. The van der Waals surface area contributed by atoms with Crippen molar-refractivity contribution in [3.8, 4) is 0 Å². The third-order valence-electron chi connectivity index (χ3n) is 6.14. The molecule has 3 aromatic rings. The minimum absolute atomic E-state index is 0.102. The quantitative estimate of drug-likeness (QED) is 0.558. The van der Waals surface area contributed by atoms with E-state index >= 15 is 0 Å². The van der Waals surface area contributed by atoms with Crippen LogP contribution in [0.5, 0.6) is 0 Å². The van der Waals surface area contributed by atoms with Crippen molar-refractivity contribution in [1.82, 2.24) is 14.5 Å². The molecule has 1 aliphatic heterocycles. The zero-order chi connectivity index (χ0) is 24.3. The van der Waals surface area contributed by atoms with Gasteiger partial charge in [0, 0.05) is 30.4 Å². The lowest BCUT2D eigenvalue weighted by atomic mass is 9.91. The molecule has 2 heterocycles. The Hall–Kier alpha value is -3.05. The Labute approximate surface area is 197 Å². The summed E-state index contributed by atoms with van der Waals surface area (Å²) in [6.07, 6.45) is 1.18. The summed E-state index contributed by atoms with van der Waals surface area (Å²) in [6.45, 7) is 2.29. The fourth-order valence-electron chi connectivity index (χ4n) is 4.06. The van der Waals surface area contributed by atoms with Crippen LogP contribution in [-0.4, -0.2) is 56.8 Å². The first-order valence-electron chi connectivity index (χ1n) is 10.9. The Balaban J connectivity index is 0.000000344. The maximum absolute atomic E-state index is 12.6. The molecule has 11 heteroatoms. The van der Waals surface area contributed by atoms with Gasteiger partial charge in [-0.2, -0.15) is 13.2 Å². The number of carboxylic acids is 1. The molecule has 1 aliphatic carbocycles. The molecule has 1 saturated carbocycles. The first-order chi connectivity index (χ1) is 16.2. The number of rotatable bonds is 3. The van der Waals surface area contributed by atoms with Gasteiger partial charge in [-0.1, -0.05) is 17.0 Å². The Kier molecular flexibility index (Phi) is 7.13. The lowest BCUT2D eigenvalue weighted by Gasteiger charge is -2.36. The van der Waals surface area contributed by atoms with Gasteiger partial charge in [-0.05, 0) is 78.7 Å². The number of carboxylic acid groups (broad SMARTS) is 1. The van der Waals surface area contributed by atoms with E-state index in [0.29, 0.717) is 5.56 Å². The van der Waals surface area contributed by atoms with E-state index in [2.05, 4.69) is 31.9 Å². The van der Waals surface area contributed by atoms with Crippen molar-refractivity contribution in [3.63, 3.8) is 0 Å². The third kappa shape index (κ3) is 5.71. The van der Waals surface area contributed by atoms with Crippen molar-refractivity contribution < 1.29 is 27.9 Å². The normalized spacial score (nSPS) is 16.6. The van der Waals surface area contributed by atoms with Gasteiger partial charge in [-0.25, -0.2) is 4.79 Å². The number of nitrogens with zero attached hydrogens (tertiary/aromatic N) is 3. The molecule has 0 radical (unpaired) electrons. The zero-order valence-corrected chi connectivity index (χ0v) is 19.0. The fraction of sp³-hybridized carbons (Fsp3) is 0.391. The molecule has 0 unspecified atom stereocenters. The van der Waals surface area contributed by atoms with Gasteiger partial charge in [-0.15, -0.1) is 5.10 Å². The topological polar surface area (TPSA) is 95.4 Å². The monoisotopic (exact) mass is 492 g/mol. The Morgan fingerprint density at radius 1 is 1.06 bits per heavy atom. The van der Waals surface area contributed by atoms with E-state index in [4.69, 9.17) is 9.90 Å². The van der Waals surface area contributed by atoms with Crippen molar-refractivity contribution in [2.75, 3.05) is 18.4 Å². The van der Waals surface area contributed by atoms with Crippen molar-refractivity contribution in [2.45, 2.75) is 44.3 Å². The van der Waals surface area contributed by atoms with Gasteiger partial charge in [-0.3, -0.25) is 9.69 Å². The SMILES string of the molecule is O=C(Nc1ccc2c(c1)CCN(C1CCC1)CC2)c1ccc2snnc2c1.O=C(O)C(F)(F)F. The van der Waals surface area contributed by atoms with Gasteiger partial charge in [0.25, 0.3) is 5.91 Å². The Bertz CT molecular complexity index is 1190. The number of aromatic nitrogens is 2. The summed E-state index contributed by atoms with van der Waals surface area (Å²) in [7, 11) is 0. The largest absolute Gasteiger partial charge is 0.490 e. The van der Waals surface area contributed by atoms with Crippen LogP contribution in [0.2, 0.25) is 0 Å². The van der Waals surface area contributed by atoms with Crippen LogP contribution in [0.1, 0.15) is 40.7 Å². The average molecular weight is 493 g/mol. The molecule has 180 valence electrons. The number of fused-ring (bicyclic) bond motifs is 2. The lowest BCUT2D eigenvalue weighted by molar-refractivity contribution is -0.192. The van der Waals surface area contributed by atoms with Crippen molar-refractivity contribution in [2.24, 2.45) is 0 Å². The molecular weight excluding hydrogens is 469 g/mol. The molecular formula is C23H23F3N4O3S. The number of alkyl halides is 3. The second-order valence-electron chi connectivity index (χ2n) is 8.32. The van der Waals surface area contributed by atoms with Crippen LogP contribution >= 0.6 is 11.5 Å². The van der Waals surface area contributed by atoms with Gasteiger partial charge in [0.2, 0.25) is 0 Å². The molecule has 0 saturated heterocycles. The minimum atomic E-state index is -5.08. The molecule has 2 aliphatic rings. The van der Waals surface area contributed by atoms with Gasteiger partial charge in [0.15, 0.2) is 0 Å².